The van der Waals surface area contributed by atoms with E-state index in [0.29, 0.717) is 22.3 Å². The lowest BCUT2D eigenvalue weighted by Crippen LogP contribution is -2.30. The number of allylic oxidation sites excluding steroid dienone is 1. The van der Waals surface area contributed by atoms with E-state index in [1.807, 2.05) is 12.2 Å². The van der Waals surface area contributed by atoms with Gasteiger partial charge in [0.1, 0.15) is 18.0 Å². The fourth-order valence-corrected chi connectivity index (χ4v) is 4.29. The van der Waals surface area contributed by atoms with E-state index < -0.39 is 39.9 Å². The number of anilines is 1. The van der Waals surface area contributed by atoms with Gasteiger partial charge >= 0.3 is 10.2 Å². The summed E-state index contributed by atoms with van der Waals surface area (Å²) in [5.41, 5.74) is 0.353. The summed E-state index contributed by atoms with van der Waals surface area (Å²) < 4.78 is 41.4. The third-order valence-corrected chi connectivity index (χ3v) is 6.01. The van der Waals surface area contributed by atoms with Gasteiger partial charge in [0, 0.05) is 18.2 Å². The molecular weight excluding hydrogens is 361 g/mol. The van der Waals surface area contributed by atoms with Gasteiger partial charge in [-0.1, -0.05) is 18.2 Å². The van der Waals surface area contributed by atoms with E-state index in [-0.39, 0.29) is 11.6 Å². The van der Waals surface area contributed by atoms with Gasteiger partial charge in [-0.05, 0) is 36.5 Å². The van der Waals surface area contributed by atoms with E-state index in [1.54, 1.807) is 4.72 Å². The second kappa shape index (κ2) is 6.10. The molecule has 1 saturated heterocycles. The van der Waals surface area contributed by atoms with Gasteiger partial charge < -0.3 is 10.4 Å². The average molecular weight is 379 g/mol. The fourth-order valence-electron chi connectivity index (χ4n) is 3.12. The van der Waals surface area contributed by atoms with E-state index in [9.17, 15) is 18.3 Å². The Morgan fingerprint density at radius 3 is 2.69 bits per heavy atom. The lowest BCUT2D eigenvalue weighted by Gasteiger charge is -2.18. The van der Waals surface area contributed by atoms with Gasteiger partial charge in [0.2, 0.25) is 0 Å². The molecule has 0 aromatic heterocycles. The molecule has 4 rings (SSSR count). The SMILES string of the molecule is O=C1CN(c2c(O)ccc(C3=C[C@@H](C=CC4CC4)NC3)c2F)S(=O)(=O)N1. The second-order valence-corrected chi connectivity index (χ2v) is 8.25. The maximum absolute atomic E-state index is 15.1. The highest BCUT2D eigenvalue weighted by molar-refractivity contribution is 7.92. The normalized spacial score (nSPS) is 25.0. The predicted molar refractivity (Wildman–Crippen MR) is 94.1 cm³/mol. The Labute approximate surface area is 150 Å². The first-order chi connectivity index (χ1) is 12.3. The number of benzene rings is 1. The Kier molecular flexibility index (Phi) is 4.00. The van der Waals surface area contributed by atoms with Crippen molar-refractivity contribution in [3.05, 3.63) is 41.7 Å². The number of phenols is 1. The molecule has 26 heavy (non-hydrogen) atoms. The van der Waals surface area contributed by atoms with E-state index in [0.717, 1.165) is 0 Å². The van der Waals surface area contributed by atoms with Crippen LogP contribution in [0.25, 0.3) is 5.57 Å². The lowest BCUT2D eigenvalue weighted by molar-refractivity contribution is -0.117. The predicted octanol–water partition coefficient (Wildman–Crippen LogP) is 1.03. The molecule has 1 saturated carbocycles. The third kappa shape index (κ3) is 3.08. The number of carbonyl (C=O) groups excluding carboxylic acids is 1. The minimum absolute atomic E-state index is 0.0129. The van der Waals surface area contributed by atoms with Crippen LogP contribution in [0.4, 0.5) is 10.1 Å². The van der Waals surface area contributed by atoms with Crippen LogP contribution in [0.5, 0.6) is 5.75 Å². The van der Waals surface area contributed by atoms with Crippen molar-refractivity contribution in [2.24, 2.45) is 5.92 Å². The maximum atomic E-state index is 15.1. The Bertz CT molecular complexity index is 938. The maximum Gasteiger partial charge on any atom is 0.326 e. The molecule has 7 nitrogen and oxygen atoms in total. The summed E-state index contributed by atoms with van der Waals surface area (Å²) in [5, 5.41) is 13.2. The molecule has 2 fully saturated rings. The van der Waals surface area contributed by atoms with Crippen molar-refractivity contribution in [2.75, 3.05) is 17.4 Å². The number of nitrogens with zero attached hydrogens (tertiary/aromatic N) is 1. The number of phenolic OH excluding ortho intramolecular Hbond substituents is 1. The van der Waals surface area contributed by atoms with Crippen molar-refractivity contribution in [2.45, 2.75) is 18.9 Å². The number of carbonyl (C=O) groups is 1. The molecule has 1 aliphatic carbocycles. The van der Waals surface area contributed by atoms with Crippen molar-refractivity contribution in [1.29, 1.82) is 0 Å². The summed E-state index contributed by atoms with van der Waals surface area (Å²) in [6.45, 7) is -0.148. The molecule has 0 bridgehead atoms. The quantitative estimate of drug-likeness (QED) is 0.679. The minimum atomic E-state index is -4.21. The number of hydrogen-bond acceptors (Lipinski definition) is 5. The van der Waals surface area contributed by atoms with Crippen molar-refractivity contribution < 1.29 is 22.7 Å². The van der Waals surface area contributed by atoms with Gasteiger partial charge in [0.25, 0.3) is 5.91 Å². The zero-order chi connectivity index (χ0) is 18.5. The summed E-state index contributed by atoms with van der Waals surface area (Å²) in [6, 6.07) is 2.63. The van der Waals surface area contributed by atoms with Crippen molar-refractivity contribution in [1.82, 2.24) is 10.0 Å². The Morgan fingerprint density at radius 1 is 1.27 bits per heavy atom. The number of rotatable bonds is 4. The van der Waals surface area contributed by atoms with Gasteiger partial charge in [-0.15, -0.1) is 0 Å². The monoisotopic (exact) mass is 379 g/mol. The zero-order valence-electron chi connectivity index (χ0n) is 13.8. The molecule has 1 amide bonds. The molecule has 2 heterocycles. The van der Waals surface area contributed by atoms with Crippen LogP contribution in [0, 0.1) is 11.7 Å². The second-order valence-electron chi connectivity index (χ2n) is 6.65. The minimum Gasteiger partial charge on any atom is -0.506 e. The molecule has 3 N–H and O–H groups in total. The first kappa shape index (κ1) is 17.0. The smallest absolute Gasteiger partial charge is 0.326 e. The van der Waals surface area contributed by atoms with Gasteiger partial charge in [-0.2, -0.15) is 8.42 Å². The Morgan fingerprint density at radius 2 is 2.04 bits per heavy atom. The Balaban J connectivity index is 1.68. The number of hydrogen-bond donors (Lipinski definition) is 3. The molecule has 0 spiro atoms. The van der Waals surface area contributed by atoms with Crippen LogP contribution in [-0.4, -0.2) is 38.6 Å². The van der Waals surface area contributed by atoms with Gasteiger partial charge in [-0.3, -0.25) is 4.79 Å². The molecule has 3 aliphatic rings. The highest BCUT2D eigenvalue weighted by atomic mass is 32.2. The zero-order valence-corrected chi connectivity index (χ0v) is 14.6. The van der Waals surface area contributed by atoms with Crippen LogP contribution in [0.15, 0.2) is 30.4 Å². The fraction of sp³-hybridized carbons (Fsp3) is 0.353. The summed E-state index contributed by atoms with van der Waals surface area (Å²) in [4.78, 5) is 11.4. The number of aromatic hydroxyl groups is 1. The molecule has 138 valence electrons. The van der Waals surface area contributed by atoms with E-state index >= 15 is 4.39 Å². The van der Waals surface area contributed by atoms with Crippen LogP contribution >= 0.6 is 0 Å². The number of halogens is 1. The van der Waals surface area contributed by atoms with Crippen molar-refractivity contribution in [3.63, 3.8) is 0 Å². The highest BCUT2D eigenvalue weighted by Crippen LogP contribution is 2.38. The first-order valence-corrected chi connectivity index (χ1v) is 9.77. The molecule has 9 heteroatoms. The van der Waals surface area contributed by atoms with Crippen LogP contribution in [0.3, 0.4) is 0 Å². The molecule has 1 aromatic carbocycles. The topological polar surface area (TPSA) is 98.7 Å². The van der Waals surface area contributed by atoms with Crippen LogP contribution in [0.2, 0.25) is 0 Å². The van der Waals surface area contributed by atoms with Gasteiger partial charge in [-0.25, -0.2) is 13.4 Å². The van der Waals surface area contributed by atoms with E-state index in [2.05, 4.69) is 11.4 Å². The van der Waals surface area contributed by atoms with Gasteiger partial charge in [0.05, 0.1) is 0 Å². The van der Waals surface area contributed by atoms with Crippen molar-refractivity contribution >= 4 is 27.4 Å². The standard InChI is InChI=1S/C17H18FN3O4S/c18-16-13(11-7-12(19-8-11)4-3-10-1-2-10)5-6-14(22)17(16)21-9-15(23)20-26(21,24)25/h3-7,10,12,19,22H,1-2,8-9H2,(H,20,23)/t12-/m1/s1. The molecule has 1 atom stereocenters. The Hall–Kier alpha value is -2.39. The van der Waals surface area contributed by atoms with Crippen LogP contribution in [-0.2, 0) is 15.0 Å². The molecular formula is C17H18FN3O4S. The number of nitrogens with one attached hydrogen (secondary N) is 2. The molecule has 0 radical (unpaired) electrons. The van der Waals surface area contributed by atoms with E-state index in [4.69, 9.17) is 0 Å². The average Bonchev–Trinajstić information content (AvgIpc) is 3.21. The number of amides is 1. The summed E-state index contributed by atoms with van der Waals surface area (Å²) in [5.74, 6) is -1.55. The van der Waals surface area contributed by atoms with Gasteiger partial charge in [0.15, 0.2) is 5.82 Å². The summed E-state index contributed by atoms with van der Waals surface area (Å²) >= 11 is 0. The van der Waals surface area contributed by atoms with Crippen LogP contribution in [0.1, 0.15) is 18.4 Å². The molecule has 1 aromatic rings. The highest BCUT2D eigenvalue weighted by Gasteiger charge is 2.38. The summed E-state index contributed by atoms with van der Waals surface area (Å²) in [7, 11) is -4.21. The molecule has 2 aliphatic heterocycles. The first-order valence-electron chi connectivity index (χ1n) is 8.33. The molecule has 0 unspecified atom stereocenters. The van der Waals surface area contributed by atoms with Crippen LogP contribution < -0.4 is 14.3 Å². The van der Waals surface area contributed by atoms with Crippen molar-refractivity contribution in [3.8, 4) is 5.75 Å². The lowest BCUT2D eigenvalue weighted by atomic mass is 10.0. The largest absolute Gasteiger partial charge is 0.506 e. The van der Waals surface area contributed by atoms with E-state index in [1.165, 1.54) is 25.0 Å². The summed E-state index contributed by atoms with van der Waals surface area (Å²) in [6.07, 6.45) is 8.46. The third-order valence-electron chi connectivity index (χ3n) is 4.63.